The van der Waals surface area contributed by atoms with E-state index in [0.29, 0.717) is 0 Å². The van der Waals surface area contributed by atoms with Crippen LogP contribution in [0.2, 0.25) is 0 Å². The zero-order chi connectivity index (χ0) is 31.9. The SMILES string of the molecule is C[C@H](c1ccccc1)N1CCC[C@H]1C(=O)Nc1ccc(/C=C/c2ccc(NC(=O)[C@@H]3CCCN3[C@H](C)c3ccccc3)cc2)cc1. The molecule has 4 atom stereocenters. The van der Waals surface area contributed by atoms with Crippen molar-refractivity contribution < 1.29 is 9.59 Å². The van der Waals surface area contributed by atoms with Gasteiger partial charge in [0.1, 0.15) is 0 Å². The van der Waals surface area contributed by atoms with E-state index in [0.717, 1.165) is 61.3 Å². The van der Waals surface area contributed by atoms with Crippen molar-refractivity contribution in [1.29, 1.82) is 0 Å². The lowest BCUT2D eigenvalue weighted by Crippen LogP contribution is -2.41. The summed E-state index contributed by atoms with van der Waals surface area (Å²) < 4.78 is 0. The molecule has 0 saturated carbocycles. The zero-order valence-corrected chi connectivity index (χ0v) is 26.8. The highest BCUT2D eigenvalue weighted by Gasteiger charge is 2.35. The summed E-state index contributed by atoms with van der Waals surface area (Å²) in [4.78, 5) is 31.1. The maximum Gasteiger partial charge on any atom is 0.241 e. The van der Waals surface area contributed by atoms with Crippen molar-refractivity contribution in [2.45, 2.75) is 63.7 Å². The lowest BCUT2D eigenvalue weighted by atomic mass is 10.1. The van der Waals surface area contributed by atoms with Gasteiger partial charge >= 0.3 is 0 Å². The molecule has 6 heteroatoms. The van der Waals surface area contributed by atoms with E-state index in [9.17, 15) is 9.59 Å². The van der Waals surface area contributed by atoms with Crippen LogP contribution in [0.15, 0.2) is 109 Å². The highest BCUT2D eigenvalue weighted by atomic mass is 16.2. The van der Waals surface area contributed by atoms with E-state index < -0.39 is 0 Å². The van der Waals surface area contributed by atoms with Crippen LogP contribution < -0.4 is 10.6 Å². The maximum atomic E-state index is 13.2. The number of rotatable bonds is 10. The van der Waals surface area contributed by atoms with Crippen LogP contribution in [-0.2, 0) is 9.59 Å². The molecule has 46 heavy (non-hydrogen) atoms. The lowest BCUT2D eigenvalue weighted by Gasteiger charge is -2.30. The van der Waals surface area contributed by atoms with E-state index in [4.69, 9.17) is 0 Å². The molecular weight excluding hydrogens is 568 g/mol. The summed E-state index contributed by atoms with van der Waals surface area (Å²) in [5.74, 6) is 0.115. The number of likely N-dealkylation sites (tertiary alicyclic amines) is 2. The summed E-state index contributed by atoms with van der Waals surface area (Å²) in [5, 5.41) is 6.28. The van der Waals surface area contributed by atoms with Crippen LogP contribution >= 0.6 is 0 Å². The van der Waals surface area contributed by atoms with Gasteiger partial charge in [-0.3, -0.25) is 19.4 Å². The molecule has 236 valence electrons. The molecule has 4 aromatic rings. The molecule has 2 fully saturated rings. The smallest absolute Gasteiger partial charge is 0.241 e. The minimum Gasteiger partial charge on any atom is -0.325 e. The van der Waals surface area contributed by atoms with Crippen molar-refractivity contribution >= 4 is 35.3 Å². The number of carbonyl (C=O) groups excluding carboxylic acids is 2. The van der Waals surface area contributed by atoms with Gasteiger partial charge in [0.2, 0.25) is 11.8 Å². The molecule has 0 aromatic heterocycles. The van der Waals surface area contributed by atoms with Crippen LogP contribution in [0.1, 0.15) is 73.9 Å². The predicted octanol–water partition coefficient (Wildman–Crippen LogP) is 8.19. The molecule has 2 N–H and O–H groups in total. The summed E-state index contributed by atoms with van der Waals surface area (Å²) in [7, 11) is 0. The fourth-order valence-corrected chi connectivity index (χ4v) is 6.91. The van der Waals surface area contributed by atoms with Crippen molar-refractivity contribution in [3.05, 3.63) is 131 Å². The molecule has 0 aliphatic carbocycles. The summed E-state index contributed by atoms with van der Waals surface area (Å²) in [6.07, 6.45) is 7.91. The minimum atomic E-state index is -0.127. The predicted molar refractivity (Wildman–Crippen MR) is 188 cm³/mol. The molecule has 2 saturated heterocycles. The second kappa shape index (κ2) is 14.7. The Labute approximate surface area is 273 Å². The Morgan fingerprint density at radius 2 is 0.957 bits per heavy atom. The number of nitrogens with one attached hydrogen (secondary N) is 2. The van der Waals surface area contributed by atoms with Crippen LogP contribution in [0, 0.1) is 0 Å². The van der Waals surface area contributed by atoms with Crippen molar-refractivity contribution in [1.82, 2.24) is 9.80 Å². The number of amides is 2. The van der Waals surface area contributed by atoms with E-state index in [1.54, 1.807) is 0 Å². The summed E-state index contributed by atoms with van der Waals surface area (Å²) in [6.45, 7) is 6.23. The second-order valence-corrected chi connectivity index (χ2v) is 12.5. The van der Waals surface area contributed by atoms with E-state index in [1.807, 2.05) is 60.7 Å². The highest BCUT2D eigenvalue weighted by molar-refractivity contribution is 5.96. The van der Waals surface area contributed by atoms with Crippen molar-refractivity contribution in [2.24, 2.45) is 0 Å². The van der Waals surface area contributed by atoms with Gasteiger partial charge in [-0.2, -0.15) is 0 Å². The molecule has 6 nitrogen and oxygen atoms in total. The summed E-state index contributed by atoms with van der Waals surface area (Å²) in [5.41, 5.74) is 6.18. The first-order chi connectivity index (χ1) is 22.5. The monoisotopic (exact) mass is 612 g/mol. The van der Waals surface area contributed by atoms with Gasteiger partial charge in [-0.1, -0.05) is 97.1 Å². The third-order valence-electron chi connectivity index (χ3n) is 9.58. The largest absolute Gasteiger partial charge is 0.325 e. The zero-order valence-electron chi connectivity index (χ0n) is 26.8. The van der Waals surface area contributed by atoms with E-state index in [1.165, 1.54) is 11.1 Å². The van der Waals surface area contributed by atoms with E-state index in [2.05, 4.69) is 95.0 Å². The number of anilines is 2. The van der Waals surface area contributed by atoms with E-state index >= 15 is 0 Å². The summed E-state index contributed by atoms with van der Waals surface area (Å²) in [6, 6.07) is 36.9. The van der Waals surface area contributed by atoms with Crippen LogP contribution in [0.25, 0.3) is 12.2 Å². The molecule has 6 rings (SSSR count). The van der Waals surface area contributed by atoms with Gasteiger partial charge in [0.25, 0.3) is 0 Å². The molecule has 2 aliphatic rings. The number of benzene rings is 4. The Morgan fingerprint density at radius 1 is 0.587 bits per heavy atom. The topological polar surface area (TPSA) is 64.7 Å². The molecule has 2 amide bonds. The molecule has 2 aliphatic heterocycles. The maximum absolute atomic E-state index is 13.2. The van der Waals surface area contributed by atoms with Crippen LogP contribution in [-0.4, -0.2) is 46.8 Å². The quantitative estimate of drug-likeness (QED) is 0.177. The van der Waals surface area contributed by atoms with Crippen LogP contribution in [0.4, 0.5) is 11.4 Å². The molecule has 0 bridgehead atoms. The molecule has 4 aromatic carbocycles. The number of hydrogen-bond donors (Lipinski definition) is 2. The average molecular weight is 613 g/mol. The first-order valence-electron chi connectivity index (χ1n) is 16.6. The lowest BCUT2D eigenvalue weighted by molar-refractivity contribution is -0.121. The fourth-order valence-electron chi connectivity index (χ4n) is 6.91. The molecule has 0 unspecified atom stereocenters. The Kier molecular flexibility index (Phi) is 10.1. The highest BCUT2D eigenvalue weighted by Crippen LogP contribution is 2.31. The Balaban J connectivity index is 1.01. The van der Waals surface area contributed by atoms with Gasteiger partial charge in [0, 0.05) is 23.5 Å². The molecular formula is C40H44N4O2. The van der Waals surface area contributed by atoms with Crippen LogP contribution in [0.3, 0.4) is 0 Å². The Morgan fingerprint density at radius 3 is 1.33 bits per heavy atom. The first-order valence-corrected chi connectivity index (χ1v) is 16.6. The Bertz CT molecular complexity index is 1500. The fraction of sp³-hybridized carbons (Fsp3) is 0.300. The normalized spacial score (nSPS) is 20.0. The molecule has 0 radical (unpaired) electrons. The van der Waals surface area contributed by atoms with Crippen molar-refractivity contribution in [3.8, 4) is 0 Å². The summed E-state index contributed by atoms with van der Waals surface area (Å²) >= 11 is 0. The van der Waals surface area contributed by atoms with Gasteiger partial charge in [-0.05, 0) is 99.1 Å². The standard InChI is InChI=1S/C40H44N4O2/c1-29(33-11-5-3-6-12-33)43-27-9-15-37(43)39(45)41-35-23-19-31(20-24-35)17-18-32-21-25-36(26-22-32)42-40(46)38-16-10-28-44(38)30(2)34-13-7-4-8-14-34/h3-8,11-14,17-26,29-30,37-38H,9-10,15-16,27-28H2,1-2H3,(H,41,45)(H,42,46)/b18-17+/t29-,30-,37+,38+/m1/s1. The van der Waals surface area contributed by atoms with Crippen molar-refractivity contribution in [3.63, 3.8) is 0 Å². The number of hydrogen-bond acceptors (Lipinski definition) is 4. The van der Waals surface area contributed by atoms with Gasteiger partial charge in [-0.25, -0.2) is 0 Å². The third-order valence-corrected chi connectivity index (χ3v) is 9.58. The van der Waals surface area contributed by atoms with Gasteiger partial charge < -0.3 is 10.6 Å². The minimum absolute atomic E-state index is 0.0575. The second-order valence-electron chi connectivity index (χ2n) is 12.5. The van der Waals surface area contributed by atoms with Crippen molar-refractivity contribution in [2.75, 3.05) is 23.7 Å². The average Bonchev–Trinajstić information content (AvgIpc) is 3.80. The van der Waals surface area contributed by atoms with Gasteiger partial charge in [-0.15, -0.1) is 0 Å². The first kappa shape index (κ1) is 31.5. The van der Waals surface area contributed by atoms with E-state index in [-0.39, 0.29) is 36.0 Å². The number of nitrogens with zero attached hydrogens (tertiary/aromatic N) is 2. The third kappa shape index (κ3) is 7.47. The molecule has 2 heterocycles. The van der Waals surface area contributed by atoms with Crippen LogP contribution in [0.5, 0.6) is 0 Å². The number of carbonyl (C=O) groups is 2. The Hall–Kier alpha value is -4.52. The molecule has 0 spiro atoms. The van der Waals surface area contributed by atoms with Gasteiger partial charge in [0.15, 0.2) is 0 Å². The van der Waals surface area contributed by atoms with Gasteiger partial charge in [0.05, 0.1) is 12.1 Å².